The smallest absolute Gasteiger partial charge is 0.0882 e. The molecule has 0 aromatic carbocycles. The van der Waals surface area contributed by atoms with Crippen LogP contribution in [0.3, 0.4) is 0 Å². The van der Waals surface area contributed by atoms with E-state index in [-0.39, 0.29) is 0 Å². The summed E-state index contributed by atoms with van der Waals surface area (Å²) in [5.41, 5.74) is 0. The zero-order valence-corrected chi connectivity index (χ0v) is 8.57. The monoisotopic (exact) mass is 196 g/mol. The molecular formula is C10H16N2S. The highest BCUT2D eigenvalue weighted by molar-refractivity contribution is 7.14. The van der Waals surface area contributed by atoms with Gasteiger partial charge in [0.2, 0.25) is 0 Å². The molecule has 0 atom stereocenters. The van der Waals surface area contributed by atoms with Gasteiger partial charge >= 0.3 is 0 Å². The summed E-state index contributed by atoms with van der Waals surface area (Å²) in [7, 11) is 0. The fraction of sp³-hybridized carbons (Fsp3) is 0.600. The van der Waals surface area contributed by atoms with Gasteiger partial charge in [0.1, 0.15) is 0 Å². The fourth-order valence-corrected chi connectivity index (χ4v) is 2.34. The first-order chi connectivity index (χ1) is 6.45. The van der Waals surface area contributed by atoms with Crippen LogP contribution in [0.1, 0.15) is 12.8 Å². The maximum Gasteiger partial charge on any atom is 0.0882 e. The first-order valence-electron chi connectivity index (χ1n) is 4.93. The van der Waals surface area contributed by atoms with Crippen LogP contribution in [0.15, 0.2) is 17.5 Å². The van der Waals surface area contributed by atoms with E-state index in [0.717, 1.165) is 12.5 Å². The van der Waals surface area contributed by atoms with Crippen molar-refractivity contribution in [1.29, 1.82) is 0 Å². The molecule has 3 heteroatoms. The molecule has 72 valence electrons. The summed E-state index contributed by atoms with van der Waals surface area (Å²) in [4.78, 5) is 0. The summed E-state index contributed by atoms with van der Waals surface area (Å²) in [5.74, 6) is 0.864. The molecule has 0 radical (unpaired) electrons. The topological polar surface area (TPSA) is 24.1 Å². The van der Waals surface area contributed by atoms with Crippen LogP contribution in [0.2, 0.25) is 0 Å². The van der Waals surface area contributed by atoms with Crippen molar-refractivity contribution in [3.05, 3.63) is 17.5 Å². The first kappa shape index (κ1) is 9.03. The van der Waals surface area contributed by atoms with Crippen molar-refractivity contribution in [1.82, 2.24) is 5.32 Å². The van der Waals surface area contributed by atoms with Crippen molar-refractivity contribution >= 4 is 16.3 Å². The molecule has 2 N–H and O–H groups in total. The van der Waals surface area contributed by atoms with Gasteiger partial charge < -0.3 is 10.6 Å². The molecule has 0 unspecified atom stereocenters. The molecule has 1 saturated heterocycles. The Morgan fingerprint density at radius 3 is 3.00 bits per heavy atom. The van der Waals surface area contributed by atoms with E-state index in [9.17, 15) is 0 Å². The molecule has 2 nitrogen and oxygen atoms in total. The summed E-state index contributed by atoms with van der Waals surface area (Å²) in [6, 6.07) is 4.24. The van der Waals surface area contributed by atoms with Crippen LogP contribution in [-0.4, -0.2) is 19.6 Å². The van der Waals surface area contributed by atoms with Crippen LogP contribution in [0.25, 0.3) is 0 Å². The van der Waals surface area contributed by atoms with Gasteiger partial charge in [0, 0.05) is 6.54 Å². The molecule has 1 aromatic heterocycles. The Bertz CT molecular complexity index is 227. The van der Waals surface area contributed by atoms with Crippen molar-refractivity contribution in [3.8, 4) is 0 Å². The van der Waals surface area contributed by atoms with Crippen molar-refractivity contribution in [2.75, 3.05) is 25.0 Å². The second-order valence-corrected chi connectivity index (χ2v) is 4.50. The molecule has 2 rings (SSSR count). The number of thiophene rings is 1. The van der Waals surface area contributed by atoms with Crippen molar-refractivity contribution < 1.29 is 0 Å². The summed E-state index contributed by atoms with van der Waals surface area (Å²) in [6.07, 6.45) is 2.64. The minimum atomic E-state index is 0.864. The maximum absolute atomic E-state index is 3.49. The third-order valence-electron chi connectivity index (χ3n) is 2.54. The molecule has 0 spiro atoms. The molecule has 1 aromatic rings. The maximum atomic E-state index is 3.49. The van der Waals surface area contributed by atoms with Gasteiger partial charge in [-0.3, -0.25) is 0 Å². The Morgan fingerprint density at radius 2 is 2.31 bits per heavy atom. The average Bonchev–Trinajstić information content (AvgIpc) is 2.69. The largest absolute Gasteiger partial charge is 0.377 e. The second-order valence-electron chi connectivity index (χ2n) is 3.55. The number of hydrogen-bond donors (Lipinski definition) is 2. The van der Waals surface area contributed by atoms with Gasteiger partial charge in [0.25, 0.3) is 0 Å². The summed E-state index contributed by atoms with van der Waals surface area (Å²) in [5, 5.41) is 10.3. The van der Waals surface area contributed by atoms with E-state index in [1.165, 1.54) is 30.9 Å². The Morgan fingerprint density at radius 1 is 1.46 bits per heavy atom. The molecule has 1 aliphatic heterocycles. The van der Waals surface area contributed by atoms with E-state index in [2.05, 4.69) is 28.1 Å². The molecule has 13 heavy (non-hydrogen) atoms. The molecule has 2 heterocycles. The van der Waals surface area contributed by atoms with Crippen LogP contribution in [0.4, 0.5) is 5.00 Å². The Labute approximate surface area is 83.4 Å². The lowest BCUT2D eigenvalue weighted by molar-refractivity contribution is 0.390. The Kier molecular flexibility index (Phi) is 3.22. The predicted octanol–water partition coefficient (Wildman–Crippen LogP) is 2.16. The standard InChI is InChI=1S/C10H16N2S/c1-2-10(13-7-1)12-8-9-3-5-11-6-4-9/h1-2,7,9,11-12H,3-6,8H2. The van der Waals surface area contributed by atoms with Crippen molar-refractivity contribution in [3.63, 3.8) is 0 Å². The average molecular weight is 196 g/mol. The summed E-state index contributed by atoms with van der Waals surface area (Å²) >= 11 is 1.78. The number of anilines is 1. The second kappa shape index (κ2) is 4.63. The van der Waals surface area contributed by atoms with Crippen LogP contribution in [0.5, 0.6) is 0 Å². The SMILES string of the molecule is c1csc(NCC2CCNCC2)c1. The third-order valence-corrected chi connectivity index (χ3v) is 3.37. The lowest BCUT2D eigenvalue weighted by Gasteiger charge is -2.22. The molecule has 1 aliphatic rings. The van der Waals surface area contributed by atoms with Gasteiger partial charge in [0.05, 0.1) is 5.00 Å². The minimum Gasteiger partial charge on any atom is -0.377 e. The highest BCUT2D eigenvalue weighted by atomic mass is 32.1. The van der Waals surface area contributed by atoms with Crippen LogP contribution < -0.4 is 10.6 Å². The third kappa shape index (κ3) is 2.71. The quantitative estimate of drug-likeness (QED) is 0.774. The molecule has 1 fully saturated rings. The normalized spacial score (nSPS) is 18.8. The summed E-state index contributed by atoms with van der Waals surface area (Å²) in [6.45, 7) is 3.52. The highest BCUT2D eigenvalue weighted by Gasteiger charge is 2.12. The summed E-state index contributed by atoms with van der Waals surface area (Å²) < 4.78 is 0. The Balaban J connectivity index is 1.72. The lowest BCUT2D eigenvalue weighted by atomic mass is 9.98. The van der Waals surface area contributed by atoms with E-state index in [1.54, 1.807) is 11.3 Å². The minimum absolute atomic E-state index is 0.864. The number of piperidine rings is 1. The van der Waals surface area contributed by atoms with Crippen LogP contribution >= 0.6 is 11.3 Å². The lowest BCUT2D eigenvalue weighted by Crippen LogP contribution is -2.31. The molecule has 0 bridgehead atoms. The van der Waals surface area contributed by atoms with Gasteiger partial charge in [-0.25, -0.2) is 0 Å². The zero-order chi connectivity index (χ0) is 8.93. The van der Waals surface area contributed by atoms with E-state index in [4.69, 9.17) is 0 Å². The van der Waals surface area contributed by atoms with Crippen LogP contribution in [0, 0.1) is 5.92 Å². The molecular weight excluding hydrogens is 180 g/mol. The molecule has 0 amide bonds. The number of rotatable bonds is 3. The van der Waals surface area contributed by atoms with Crippen molar-refractivity contribution in [2.45, 2.75) is 12.8 Å². The molecule has 0 aliphatic carbocycles. The van der Waals surface area contributed by atoms with E-state index < -0.39 is 0 Å². The predicted molar refractivity (Wildman–Crippen MR) is 58.4 cm³/mol. The number of hydrogen-bond acceptors (Lipinski definition) is 3. The highest BCUT2D eigenvalue weighted by Crippen LogP contribution is 2.17. The van der Waals surface area contributed by atoms with Crippen LogP contribution in [-0.2, 0) is 0 Å². The van der Waals surface area contributed by atoms with E-state index in [1.807, 2.05) is 0 Å². The van der Waals surface area contributed by atoms with E-state index in [0.29, 0.717) is 0 Å². The molecule has 0 saturated carbocycles. The number of nitrogens with one attached hydrogen (secondary N) is 2. The zero-order valence-electron chi connectivity index (χ0n) is 7.75. The van der Waals surface area contributed by atoms with Gasteiger partial charge in [0.15, 0.2) is 0 Å². The Hall–Kier alpha value is -0.540. The van der Waals surface area contributed by atoms with Gasteiger partial charge in [-0.1, -0.05) is 0 Å². The first-order valence-corrected chi connectivity index (χ1v) is 5.81. The van der Waals surface area contributed by atoms with Gasteiger partial charge in [-0.05, 0) is 49.4 Å². The van der Waals surface area contributed by atoms with Gasteiger partial charge in [-0.15, -0.1) is 11.3 Å². The van der Waals surface area contributed by atoms with E-state index >= 15 is 0 Å². The van der Waals surface area contributed by atoms with Crippen molar-refractivity contribution in [2.24, 2.45) is 5.92 Å². The fourth-order valence-electron chi connectivity index (χ4n) is 1.71. The van der Waals surface area contributed by atoms with Gasteiger partial charge in [-0.2, -0.15) is 0 Å².